The van der Waals surface area contributed by atoms with E-state index in [4.69, 9.17) is 0 Å². The summed E-state index contributed by atoms with van der Waals surface area (Å²) in [5.41, 5.74) is 15.2. The molecule has 0 radical (unpaired) electrons. The summed E-state index contributed by atoms with van der Waals surface area (Å²) in [5, 5.41) is 2.50. The van der Waals surface area contributed by atoms with Gasteiger partial charge in [-0.1, -0.05) is 194 Å². The van der Waals surface area contributed by atoms with Crippen molar-refractivity contribution < 1.29 is 0 Å². The number of fused-ring (bicyclic) bond motifs is 1. The summed E-state index contributed by atoms with van der Waals surface area (Å²) >= 11 is 0. The first-order valence-corrected chi connectivity index (χ1v) is 18.2. The molecule has 9 aromatic carbocycles. The van der Waals surface area contributed by atoms with E-state index < -0.39 is 0 Å². The second-order valence-corrected chi connectivity index (χ2v) is 13.3. The molecule has 0 aliphatic carbocycles. The first-order chi connectivity index (χ1) is 26.3. The molecule has 0 aliphatic rings. The second kappa shape index (κ2) is 14.3. The van der Waals surface area contributed by atoms with Crippen molar-refractivity contribution in [2.24, 2.45) is 0 Å². The molecule has 0 spiro atoms. The van der Waals surface area contributed by atoms with Crippen LogP contribution in [0.15, 0.2) is 224 Å². The van der Waals surface area contributed by atoms with E-state index in [9.17, 15) is 0 Å². The lowest BCUT2D eigenvalue weighted by Crippen LogP contribution is -2.12. The SMILES string of the molecule is c1ccc(-c2ccccc2-c2cccc(N(c3ccccc3-c3ccccc3)c3ccccc3-c3cccc(-c4cccc5ccccc45)c3)c2)cc1. The van der Waals surface area contributed by atoms with Gasteiger partial charge >= 0.3 is 0 Å². The largest absolute Gasteiger partial charge is 0.309 e. The van der Waals surface area contributed by atoms with E-state index in [0.29, 0.717) is 0 Å². The summed E-state index contributed by atoms with van der Waals surface area (Å²) in [6.07, 6.45) is 0. The Morgan fingerprint density at radius 2 is 0.642 bits per heavy atom. The van der Waals surface area contributed by atoms with Crippen molar-refractivity contribution in [3.8, 4) is 55.6 Å². The van der Waals surface area contributed by atoms with Crippen LogP contribution in [0.5, 0.6) is 0 Å². The van der Waals surface area contributed by atoms with E-state index in [2.05, 4.69) is 229 Å². The average Bonchev–Trinajstić information content (AvgIpc) is 3.25. The number of nitrogens with zero attached hydrogens (tertiary/aromatic N) is 1. The van der Waals surface area contributed by atoms with Gasteiger partial charge in [-0.3, -0.25) is 0 Å². The van der Waals surface area contributed by atoms with Gasteiger partial charge in [0.15, 0.2) is 0 Å². The quantitative estimate of drug-likeness (QED) is 0.155. The lowest BCUT2D eigenvalue weighted by Gasteiger charge is -2.30. The highest BCUT2D eigenvalue weighted by Crippen LogP contribution is 2.46. The van der Waals surface area contributed by atoms with Crippen LogP contribution in [0.4, 0.5) is 17.1 Å². The third kappa shape index (κ3) is 6.30. The Hall–Kier alpha value is -6.96. The molecule has 0 fully saturated rings. The van der Waals surface area contributed by atoms with Crippen LogP contribution in [0.25, 0.3) is 66.4 Å². The Labute approximate surface area is 311 Å². The summed E-state index contributed by atoms with van der Waals surface area (Å²) in [7, 11) is 0. The van der Waals surface area contributed by atoms with Crippen molar-refractivity contribution >= 4 is 27.8 Å². The maximum atomic E-state index is 2.44. The van der Waals surface area contributed by atoms with E-state index in [0.717, 1.165) is 22.6 Å². The van der Waals surface area contributed by atoms with Crippen LogP contribution < -0.4 is 4.90 Å². The maximum absolute atomic E-state index is 2.44. The Kier molecular flexibility index (Phi) is 8.66. The molecule has 9 aromatic rings. The topological polar surface area (TPSA) is 3.24 Å². The number of anilines is 3. The number of hydrogen-bond acceptors (Lipinski definition) is 1. The van der Waals surface area contributed by atoms with Gasteiger partial charge in [-0.2, -0.15) is 0 Å². The number of benzene rings is 9. The van der Waals surface area contributed by atoms with Gasteiger partial charge in [-0.15, -0.1) is 0 Å². The predicted molar refractivity (Wildman–Crippen MR) is 226 cm³/mol. The molecule has 0 aromatic heterocycles. The van der Waals surface area contributed by atoms with E-state index in [1.807, 2.05) is 0 Å². The third-order valence-corrected chi connectivity index (χ3v) is 10.1. The van der Waals surface area contributed by atoms with E-state index in [1.165, 1.54) is 60.8 Å². The van der Waals surface area contributed by atoms with Crippen molar-refractivity contribution in [1.82, 2.24) is 0 Å². The molecule has 0 aliphatic heterocycles. The molecule has 0 atom stereocenters. The molecule has 0 heterocycles. The highest BCUT2D eigenvalue weighted by Gasteiger charge is 2.21. The minimum Gasteiger partial charge on any atom is -0.309 e. The van der Waals surface area contributed by atoms with Gasteiger partial charge in [0.05, 0.1) is 11.4 Å². The monoisotopic (exact) mass is 675 g/mol. The normalized spacial score (nSPS) is 11.0. The molecule has 53 heavy (non-hydrogen) atoms. The summed E-state index contributed by atoms with van der Waals surface area (Å²) in [6.45, 7) is 0. The van der Waals surface area contributed by atoms with Crippen LogP contribution in [0.3, 0.4) is 0 Å². The van der Waals surface area contributed by atoms with Crippen LogP contribution in [0, 0.1) is 0 Å². The molecular formula is C52H37N. The van der Waals surface area contributed by atoms with Gasteiger partial charge in [0, 0.05) is 16.8 Å². The molecule has 0 amide bonds. The van der Waals surface area contributed by atoms with Crippen LogP contribution in [-0.4, -0.2) is 0 Å². The number of para-hydroxylation sites is 2. The van der Waals surface area contributed by atoms with Gasteiger partial charge in [0.1, 0.15) is 0 Å². The Balaban J connectivity index is 1.24. The fourth-order valence-corrected chi connectivity index (χ4v) is 7.60. The van der Waals surface area contributed by atoms with E-state index >= 15 is 0 Å². The molecule has 1 heteroatoms. The molecule has 0 bridgehead atoms. The number of rotatable bonds is 8. The third-order valence-electron chi connectivity index (χ3n) is 10.1. The summed E-state index contributed by atoms with van der Waals surface area (Å²) < 4.78 is 0. The highest BCUT2D eigenvalue weighted by atomic mass is 15.1. The zero-order valence-electron chi connectivity index (χ0n) is 29.3. The van der Waals surface area contributed by atoms with E-state index in [-0.39, 0.29) is 0 Å². The molecule has 9 rings (SSSR count). The maximum Gasteiger partial charge on any atom is 0.0540 e. The van der Waals surface area contributed by atoms with Gasteiger partial charge in [0.25, 0.3) is 0 Å². The highest BCUT2D eigenvalue weighted by molar-refractivity contribution is 5.99. The molecular weight excluding hydrogens is 639 g/mol. The molecule has 0 saturated heterocycles. The van der Waals surface area contributed by atoms with Crippen LogP contribution in [0.1, 0.15) is 0 Å². The summed E-state index contributed by atoms with van der Waals surface area (Å²) in [5.74, 6) is 0. The minimum absolute atomic E-state index is 1.09. The van der Waals surface area contributed by atoms with Crippen molar-refractivity contribution in [1.29, 1.82) is 0 Å². The lowest BCUT2D eigenvalue weighted by atomic mass is 9.93. The van der Waals surface area contributed by atoms with Crippen LogP contribution in [-0.2, 0) is 0 Å². The van der Waals surface area contributed by atoms with E-state index in [1.54, 1.807) is 0 Å². The molecule has 0 unspecified atom stereocenters. The number of hydrogen-bond donors (Lipinski definition) is 0. The van der Waals surface area contributed by atoms with Gasteiger partial charge < -0.3 is 4.90 Å². The Morgan fingerprint density at radius 3 is 1.32 bits per heavy atom. The molecule has 0 saturated carbocycles. The molecule has 0 N–H and O–H groups in total. The average molecular weight is 676 g/mol. The fourth-order valence-electron chi connectivity index (χ4n) is 7.60. The summed E-state index contributed by atoms with van der Waals surface area (Å²) in [6, 6.07) is 80.9. The van der Waals surface area contributed by atoms with Crippen LogP contribution >= 0.6 is 0 Å². The zero-order valence-corrected chi connectivity index (χ0v) is 29.3. The molecule has 1 nitrogen and oxygen atoms in total. The first-order valence-electron chi connectivity index (χ1n) is 18.2. The Morgan fingerprint density at radius 1 is 0.245 bits per heavy atom. The second-order valence-electron chi connectivity index (χ2n) is 13.3. The van der Waals surface area contributed by atoms with Crippen molar-refractivity contribution in [2.45, 2.75) is 0 Å². The van der Waals surface area contributed by atoms with Gasteiger partial charge in [-0.05, 0) is 85.6 Å². The van der Waals surface area contributed by atoms with Crippen molar-refractivity contribution in [3.05, 3.63) is 224 Å². The van der Waals surface area contributed by atoms with Gasteiger partial charge in [0.2, 0.25) is 0 Å². The standard InChI is InChI=1S/C52H37N/c1-3-18-38(19-4-1)45-29-9-10-30-47(45)43-26-16-27-44(37-43)53(51-34-13-11-31-49(51)40-20-5-2-6-21-40)52-35-14-12-32-50(52)42-25-15-24-41(36-42)48-33-17-23-39-22-7-8-28-46(39)48/h1-37H. The van der Waals surface area contributed by atoms with Crippen molar-refractivity contribution in [3.63, 3.8) is 0 Å². The predicted octanol–water partition coefficient (Wildman–Crippen LogP) is 14.6. The van der Waals surface area contributed by atoms with Gasteiger partial charge in [-0.25, -0.2) is 0 Å². The zero-order chi connectivity index (χ0) is 35.4. The van der Waals surface area contributed by atoms with Crippen molar-refractivity contribution in [2.75, 3.05) is 4.90 Å². The minimum atomic E-state index is 1.09. The van der Waals surface area contributed by atoms with Crippen LogP contribution in [0.2, 0.25) is 0 Å². The molecule has 250 valence electrons. The summed E-state index contributed by atoms with van der Waals surface area (Å²) in [4.78, 5) is 2.44. The fraction of sp³-hybridized carbons (Fsp3) is 0. The smallest absolute Gasteiger partial charge is 0.0540 e. The first kappa shape index (κ1) is 32.0. The lowest BCUT2D eigenvalue weighted by molar-refractivity contribution is 1.28. The Bertz CT molecular complexity index is 2670.